The van der Waals surface area contributed by atoms with Gasteiger partial charge in [-0.3, -0.25) is 4.79 Å². The van der Waals surface area contributed by atoms with E-state index < -0.39 is 0 Å². The summed E-state index contributed by atoms with van der Waals surface area (Å²) in [7, 11) is 2.04. The highest BCUT2D eigenvalue weighted by Crippen LogP contribution is 2.23. The molecule has 0 spiro atoms. The quantitative estimate of drug-likeness (QED) is 0.382. The lowest BCUT2D eigenvalue weighted by Crippen LogP contribution is -2.29. The third-order valence-corrected chi connectivity index (χ3v) is 5.64. The number of halogens is 2. The first-order chi connectivity index (χ1) is 13.5. The first-order valence-corrected chi connectivity index (χ1v) is 10.6. The molecule has 1 aromatic heterocycles. The number of carbonyl (C=O) groups excluding carboxylic acids is 1. The highest BCUT2D eigenvalue weighted by atomic mass is 35.5. The molecule has 0 saturated carbocycles. The number of rotatable bonds is 9. The van der Waals surface area contributed by atoms with Gasteiger partial charge in [-0.15, -0.1) is 0 Å². The van der Waals surface area contributed by atoms with E-state index in [1.54, 1.807) is 0 Å². The molecule has 2 aromatic carbocycles. The zero-order valence-electron chi connectivity index (χ0n) is 15.5. The smallest absolute Gasteiger partial charge is 0.257 e. The molecule has 3 aromatic rings. The van der Waals surface area contributed by atoms with Crippen LogP contribution in [0.4, 0.5) is 0 Å². The van der Waals surface area contributed by atoms with E-state index in [9.17, 15) is 4.79 Å². The molecule has 0 bridgehead atoms. The van der Waals surface area contributed by atoms with Crippen molar-refractivity contribution in [2.75, 3.05) is 25.9 Å². The van der Waals surface area contributed by atoms with E-state index in [2.05, 4.69) is 15.2 Å². The van der Waals surface area contributed by atoms with Gasteiger partial charge in [0.05, 0.1) is 15.8 Å². The second kappa shape index (κ2) is 10.2. The molecule has 0 aliphatic heterocycles. The maximum absolute atomic E-state index is 12.0. The van der Waals surface area contributed by atoms with E-state index in [1.807, 2.05) is 49.5 Å². The number of para-hydroxylation sites is 2. The monoisotopic (exact) mass is 437 g/mol. The summed E-state index contributed by atoms with van der Waals surface area (Å²) in [6.45, 7) is 2.26. The summed E-state index contributed by atoms with van der Waals surface area (Å²) in [6, 6.07) is 13.2. The zero-order chi connectivity index (χ0) is 19.9. The van der Waals surface area contributed by atoms with Crippen LogP contribution in [0.3, 0.4) is 0 Å². The Kier molecular flexibility index (Phi) is 7.62. The van der Waals surface area contributed by atoms with Crippen molar-refractivity contribution >= 4 is 52.0 Å². The van der Waals surface area contributed by atoms with Gasteiger partial charge in [-0.05, 0) is 49.8 Å². The highest BCUT2D eigenvalue weighted by Gasteiger charge is 2.09. The SMILES string of the molecule is CN(CCCNC(=O)CSc1nc2ccccc2o1)Cc1ccc(Cl)c(Cl)c1. The molecule has 28 heavy (non-hydrogen) atoms. The minimum Gasteiger partial charge on any atom is -0.431 e. The van der Waals surface area contributed by atoms with Crippen molar-refractivity contribution in [3.05, 3.63) is 58.1 Å². The van der Waals surface area contributed by atoms with Crippen LogP contribution in [0.25, 0.3) is 11.1 Å². The van der Waals surface area contributed by atoms with Crippen molar-refractivity contribution < 1.29 is 9.21 Å². The summed E-state index contributed by atoms with van der Waals surface area (Å²) in [4.78, 5) is 18.5. The van der Waals surface area contributed by atoms with Crippen molar-refractivity contribution in [2.24, 2.45) is 0 Å². The molecule has 0 fully saturated rings. The number of aromatic nitrogens is 1. The van der Waals surface area contributed by atoms with Gasteiger partial charge in [-0.2, -0.15) is 0 Å². The molecule has 0 unspecified atom stereocenters. The van der Waals surface area contributed by atoms with E-state index in [-0.39, 0.29) is 11.7 Å². The summed E-state index contributed by atoms with van der Waals surface area (Å²) in [5, 5.41) is 4.57. The van der Waals surface area contributed by atoms with Gasteiger partial charge in [0.25, 0.3) is 5.22 Å². The normalized spacial score (nSPS) is 11.3. The van der Waals surface area contributed by atoms with Crippen molar-refractivity contribution in [2.45, 2.75) is 18.2 Å². The fourth-order valence-electron chi connectivity index (χ4n) is 2.70. The Hall–Kier alpha value is -1.73. The number of fused-ring (bicyclic) bond motifs is 1. The van der Waals surface area contributed by atoms with Gasteiger partial charge < -0.3 is 14.6 Å². The van der Waals surface area contributed by atoms with Crippen LogP contribution >= 0.6 is 35.0 Å². The summed E-state index contributed by atoms with van der Waals surface area (Å²) < 4.78 is 5.60. The van der Waals surface area contributed by atoms with E-state index in [0.29, 0.717) is 21.8 Å². The Balaban J connectivity index is 1.33. The predicted molar refractivity (Wildman–Crippen MR) is 115 cm³/mol. The lowest BCUT2D eigenvalue weighted by Gasteiger charge is -2.17. The number of thioether (sulfide) groups is 1. The van der Waals surface area contributed by atoms with Gasteiger partial charge in [-0.1, -0.05) is 53.2 Å². The van der Waals surface area contributed by atoms with Gasteiger partial charge in [-0.25, -0.2) is 4.98 Å². The van der Waals surface area contributed by atoms with Crippen molar-refractivity contribution in [1.82, 2.24) is 15.2 Å². The van der Waals surface area contributed by atoms with Crippen molar-refractivity contribution in [1.29, 1.82) is 0 Å². The highest BCUT2D eigenvalue weighted by molar-refractivity contribution is 7.99. The number of amides is 1. The molecule has 0 aliphatic rings. The minimum absolute atomic E-state index is 0.0283. The lowest BCUT2D eigenvalue weighted by atomic mass is 10.2. The van der Waals surface area contributed by atoms with Gasteiger partial charge >= 0.3 is 0 Å². The molecule has 1 heterocycles. The van der Waals surface area contributed by atoms with Crippen LogP contribution in [0.2, 0.25) is 10.0 Å². The number of hydrogen-bond acceptors (Lipinski definition) is 5. The maximum atomic E-state index is 12.0. The van der Waals surface area contributed by atoms with Crippen LogP contribution in [0, 0.1) is 0 Å². The molecule has 3 rings (SSSR count). The molecule has 148 valence electrons. The number of carbonyl (C=O) groups is 1. The maximum Gasteiger partial charge on any atom is 0.257 e. The van der Waals surface area contributed by atoms with Crippen LogP contribution in [-0.4, -0.2) is 41.7 Å². The van der Waals surface area contributed by atoms with Gasteiger partial charge in [0.15, 0.2) is 5.58 Å². The Bertz CT molecular complexity index is 915. The molecular formula is C20H21Cl2N3O2S. The molecule has 0 saturated heterocycles. The zero-order valence-corrected chi connectivity index (χ0v) is 17.8. The molecule has 1 N–H and O–H groups in total. The van der Waals surface area contributed by atoms with Crippen LogP contribution in [0.1, 0.15) is 12.0 Å². The average molecular weight is 438 g/mol. The van der Waals surface area contributed by atoms with Crippen LogP contribution in [0.15, 0.2) is 52.1 Å². The number of benzene rings is 2. The van der Waals surface area contributed by atoms with Crippen LogP contribution in [0.5, 0.6) is 0 Å². The Morgan fingerprint density at radius 3 is 2.82 bits per heavy atom. The molecule has 5 nitrogen and oxygen atoms in total. The summed E-state index contributed by atoms with van der Waals surface area (Å²) in [6.07, 6.45) is 0.858. The third-order valence-electron chi connectivity index (χ3n) is 4.08. The third kappa shape index (κ3) is 6.14. The lowest BCUT2D eigenvalue weighted by molar-refractivity contribution is -0.118. The Morgan fingerprint density at radius 2 is 2.04 bits per heavy atom. The molecule has 0 atom stereocenters. The topological polar surface area (TPSA) is 58.4 Å². The number of oxazole rings is 1. The molecule has 1 amide bonds. The van der Waals surface area contributed by atoms with E-state index in [0.717, 1.165) is 36.2 Å². The molecule has 0 radical (unpaired) electrons. The number of hydrogen-bond donors (Lipinski definition) is 1. The molecule has 8 heteroatoms. The fourth-order valence-corrected chi connectivity index (χ4v) is 3.69. The molecule has 0 aliphatic carbocycles. The summed E-state index contributed by atoms with van der Waals surface area (Å²) >= 11 is 13.3. The average Bonchev–Trinajstić information content (AvgIpc) is 3.09. The predicted octanol–water partition coefficient (Wildman–Crippen LogP) is 4.87. The summed E-state index contributed by atoms with van der Waals surface area (Å²) in [5.74, 6) is 0.255. The van der Waals surface area contributed by atoms with Crippen molar-refractivity contribution in [3.8, 4) is 0 Å². The van der Waals surface area contributed by atoms with Crippen LogP contribution < -0.4 is 5.32 Å². The Labute approximate surface area is 178 Å². The largest absolute Gasteiger partial charge is 0.431 e. The standard InChI is InChI=1S/C20H21Cl2N3O2S/c1-25(12-14-7-8-15(21)16(22)11-14)10-4-9-23-19(26)13-28-20-24-17-5-2-3-6-18(17)27-20/h2-3,5-8,11H,4,9-10,12-13H2,1H3,(H,23,26). The fraction of sp³-hybridized carbons (Fsp3) is 0.300. The second-order valence-electron chi connectivity index (χ2n) is 6.43. The van der Waals surface area contributed by atoms with E-state index >= 15 is 0 Å². The minimum atomic E-state index is -0.0283. The van der Waals surface area contributed by atoms with Gasteiger partial charge in [0, 0.05) is 13.1 Å². The first kappa shape index (κ1) is 21.0. The second-order valence-corrected chi connectivity index (χ2v) is 8.17. The van der Waals surface area contributed by atoms with Gasteiger partial charge in [0.2, 0.25) is 5.91 Å². The first-order valence-electron chi connectivity index (χ1n) is 8.89. The summed E-state index contributed by atoms with van der Waals surface area (Å²) in [5.41, 5.74) is 2.64. The Morgan fingerprint density at radius 1 is 1.21 bits per heavy atom. The van der Waals surface area contributed by atoms with E-state index in [4.69, 9.17) is 27.6 Å². The van der Waals surface area contributed by atoms with Crippen molar-refractivity contribution in [3.63, 3.8) is 0 Å². The molecular weight excluding hydrogens is 417 g/mol. The van der Waals surface area contributed by atoms with E-state index in [1.165, 1.54) is 11.8 Å². The number of nitrogens with zero attached hydrogens (tertiary/aromatic N) is 2. The number of nitrogens with one attached hydrogen (secondary N) is 1. The van der Waals surface area contributed by atoms with Crippen LogP contribution in [-0.2, 0) is 11.3 Å². The van der Waals surface area contributed by atoms with Gasteiger partial charge in [0.1, 0.15) is 5.52 Å².